The first-order valence-corrected chi connectivity index (χ1v) is 8.65. The van der Waals surface area contributed by atoms with Gasteiger partial charge in [-0.25, -0.2) is 0 Å². The molecule has 5 nitrogen and oxygen atoms in total. The summed E-state index contributed by atoms with van der Waals surface area (Å²) in [5.74, 6) is 1.15. The van der Waals surface area contributed by atoms with Crippen LogP contribution in [0.4, 0.5) is 0 Å². The summed E-state index contributed by atoms with van der Waals surface area (Å²) in [5, 5.41) is 12.1. The summed E-state index contributed by atoms with van der Waals surface area (Å²) >= 11 is 1.39. The molecule has 0 saturated heterocycles. The van der Waals surface area contributed by atoms with Gasteiger partial charge in [-0.15, -0.1) is 16.8 Å². The van der Waals surface area contributed by atoms with Crippen LogP contribution in [0, 0.1) is 6.92 Å². The standard InChI is InChI=1S/C17H22N4OS/c1-4-9-18-15(22)12-23-17-20-19-16(21(17)10-5-2)14-8-6-7-13(3)11-14/h5-8,11H,2,4,9-10,12H2,1,3H3,(H,18,22). The highest BCUT2D eigenvalue weighted by molar-refractivity contribution is 7.99. The van der Waals surface area contributed by atoms with Crippen LogP contribution >= 0.6 is 11.8 Å². The molecule has 1 aromatic heterocycles. The van der Waals surface area contributed by atoms with E-state index in [1.54, 1.807) is 0 Å². The van der Waals surface area contributed by atoms with E-state index in [1.165, 1.54) is 17.3 Å². The third-order valence-electron chi connectivity index (χ3n) is 3.21. The number of carbonyl (C=O) groups is 1. The molecule has 0 aliphatic carbocycles. The Morgan fingerprint density at radius 1 is 1.43 bits per heavy atom. The Balaban J connectivity index is 2.18. The molecule has 1 amide bonds. The van der Waals surface area contributed by atoms with E-state index in [1.807, 2.05) is 42.7 Å². The van der Waals surface area contributed by atoms with Gasteiger partial charge in [-0.1, -0.05) is 48.5 Å². The van der Waals surface area contributed by atoms with Crippen molar-refractivity contribution in [1.82, 2.24) is 20.1 Å². The number of hydrogen-bond acceptors (Lipinski definition) is 4. The Bertz CT molecular complexity index is 681. The number of aryl methyl sites for hydroxylation is 1. The van der Waals surface area contributed by atoms with Gasteiger partial charge < -0.3 is 5.32 Å². The minimum Gasteiger partial charge on any atom is -0.355 e. The molecule has 1 aromatic carbocycles. The highest BCUT2D eigenvalue weighted by Crippen LogP contribution is 2.24. The Kier molecular flexibility index (Phi) is 6.40. The lowest BCUT2D eigenvalue weighted by Gasteiger charge is -2.08. The molecule has 0 atom stereocenters. The van der Waals surface area contributed by atoms with Gasteiger partial charge in [0, 0.05) is 18.7 Å². The molecule has 0 spiro atoms. The number of rotatable bonds is 8. The molecule has 0 fully saturated rings. The highest BCUT2D eigenvalue weighted by Gasteiger charge is 2.14. The number of nitrogens with zero attached hydrogens (tertiary/aromatic N) is 3. The van der Waals surface area contributed by atoms with Gasteiger partial charge >= 0.3 is 0 Å². The summed E-state index contributed by atoms with van der Waals surface area (Å²) in [6.45, 7) is 9.18. The molecule has 2 rings (SSSR count). The highest BCUT2D eigenvalue weighted by atomic mass is 32.2. The number of benzene rings is 1. The third kappa shape index (κ3) is 4.69. The molecular formula is C17H22N4OS. The fourth-order valence-electron chi connectivity index (χ4n) is 2.13. The zero-order chi connectivity index (χ0) is 16.7. The second-order valence-electron chi connectivity index (χ2n) is 5.21. The topological polar surface area (TPSA) is 59.8 Å². The Morgan fingerprint density at radius 3 is 2.96 bits per heavy atom. The summed E-state index contributed by atoms with van der Waals surface area (Å²) in [6, 6.07) is 8.14. The van der Waals surface area contributed by atoms with Gasteiger partial charge in [-0.05, 0) is 19.4 Å². The first-order valence-electron chi connectivity index (χ1n) is 7.66. The first kappa shape index (κ1) is 17.3. The van der Waals surface area contributed by atoms with Gasteiger partial charge in [0.25, 0.3) is 0 Å². The maximum atomic E-state index is 11.8. The minimum absolute atomic E-state index is 0.0158. The van der Waals surface area contributed by atoms with E-state index in [2.05, 4.69) is 28.2 Å². The summed E-state index contributed by atoms with van der Waals surface area (Å²) in [5.41, 5.74) is 2.19. The number of nitrogens with one attached hydrogen (secondary N) is 1. The van der Waals surface area contributed by atoms with Gasteiger partial charge in [-0.2, -0.15) is 0 Å². The van der Waals surface area contributed by atoms with Gasteiger partial charge in [0.05, 0.1) is 5.75 Å². The lowest BCUT2D eigenvalue weighted by Crippen LogP contribution is -2.25. The number of allylic oxidation sites excluding steroid dienone is 1. The monoisotopic (exact) mass is 330 g/mol. The van der Waals surface area contributed by atoms with E-state index in [0.717, 1.165) is 23.0 Å². The van der Waals surface area contributed by atoms with Crippen LogP contribution in [0.3, 0.4) is 0 Å². The molecule has 0 unspecified atom stereocenters. The lowest BCUT2D eigenvalue weighted by atomic mass is 10.1. The van der Waals surface area contributed by atoms with Crippen LogP contribution < -0.4 is 5.32 Å². The largest absolute Gasteiger partial charge is 0.355 e. The van der Waals surface area contributed by atoms with Crippen LogP contribution in [0.1, 0.15) is 18.9 Å². The summed E-state index contributed by atoms with van der Waals surface area (Å²) < 4.78 is 1.99. The molecule has 6 heteroatoms. The minimum atomic E-state index is 0.0158. The maximum Gasteiger partial charge on any atom is 0.230 e. The van der Waals surface area contributed by atoms with E-state index in [4.69, 9.17) is 0 Å². The number of aromatic nitrogens is 3. The van der Waals surface area contributed by atoms with Crippen molar-refractivity contribution in [2.75, 3.05) is 12.3 Å². The number of carbonyl (C=O) groups excluding carboxylic acids is 1. The van der Waals surface area contributed by atoms with Gasteiger partial charge in [0.2, 0.25) is 5.91 Å². The van der Waals surface area contributed by atoms with Crippen LogP contribution in [-0.4, -0.2) is 33.0 Å². The average molecular weight is 330 g/mol. The fourth-order valence-corrected chi connectivity index (χ4v) is 2.91. The van der Waals surface area contributed by atoms with Crippen molar-refractivity contribution < 1.29 is 4.79 Å². The molecular weight excluding hydrogens is 308 g/mol. The Hall–Kier alpha value is -2.08. The van der Waals surface area contributed by atoms with Crippen molar-refractivity contribution in [2.45, 2.75) is 32.0 Å². The van der Waals surface area contributed by atoms with E-state index in [0.29, 0.717) is 18.8 Å². The second kappa shape index (κ2) is 8.53. The predicted octanol–water partition coefficient (Wildman–Crippen LogP) is 3.06. The van der Waals surface area contributed by atoms with Crippen LogP contribution in [0.5, 0.6) is 0 Å². The van der Waals surface area contributed by atoms with Crippen molar-refractivity contribution in [3.05, 3.63) is 42.5 Å². The number of thioether (sulfide) groups is 1. The normalized spacial score (nSPS) is 10.5. The molecule has 0 bridgehead atoms. The Labute approximate surface area is 141 Å². The molecule has 0 aliphatic heterocycles. The first-order chi connectivity index (χ1) is 11.2. The molecule has 1 heterocycles. The zero-order valence-electron chi connectivity index (χ0n) is 13.6. The van der Waals surface area contributed by atoms with E-state index >= 15 is 0 Å². The molecule has 0 aliphatic rings. The number of amides is 1. The van der Waals surface area contributed by atoms with Crippen LogP contribution in [0.2, 0.25) is 0 Å². The maximum absolute atomic E-state index is 11.8. The quantitative estimate of drug-likeness (QED) is 0.597. The molecule has 23 heavy (non-hydrogen) atoms. The summed E-state index contributed by atoms with van der Waals surface area (Å²) in [7, 11) is 0. The lowest BCUT2D eigenvalue weighted by molar-refractivity contribution is -0.118. The zero-order valence-corrected chi connectivity index (χ0v) is 14.4. The Morgan fingerprint density at radius 2 is 2.26 bits per heavy atom. The predicted molar refractivity (Wildman–Crippen MR) is 94.4 cm³/mol. The third-order valence-corrected chi connectivity index (χ3v) is 4.18. The summed E-state index contributed by atoms with van der Waals surface area (Å²) in [4.78, 5) is 11.8. The smallest absolute Gasteiger partial charge is 0.230 e. The van der Waals surface area contributed by atoms with Crippen molar-refractivity contribution in [1.29, 1.82) is 0 Å². The van der Waals surface area contributed by atoms with Gasteiger partial charge in [-0.3, -0.25) is 9.36 Å². The van der Waals surface area contributed by atoms with Crippen LogP contribution in [-0.2, 0) is 11.3 Å². The van der Waals surface area contributed by atoms with E-state index in [9.17, 15) is 4.79 Å². The number of hydrogen-bond donors (Lipinski definition) is 1. The molecule has 2 aromatic rings. The van der Waals surface area contributed by atoms with E-state index < -0.39 is 0 Å². The van der Waals surface area contributed by atoms with Crippen LogP contribution in [0.15, 0.2) is 42.1 Å². The molecule has 122 valence electrons. The van der Waals surface area contributed by atoms with Crippen LogP contribution in [0.25, 0.3) is 11.4 Å². The van der Waals surface area contributed by atoms with Crippen molar-refractivity contribution in [3.8, 4) is 11.4 Å². The molecule has 1 N–H and O–H groups in total. The van der Waals surface area contributed by atoms with Gasteiger partial charge in [0.1, 0.15) is 0 Å². The average Bonchev–Trinajstić information content (AvgIpc) is 2.94. The SMILES string of the molecule is C=CCn1c(SCC(=O)NCCC)nnc1-c1cccc(C)c1. The summed E-state index contributed by atoms with van der Waals surface area (Å²) in [6.07, 6.45) is 2.74. The fraction of sp³-hybridized carbons (Fsp3) is 0.353. The second-order valence-corrected chi connectivity index (χ2v) is 6.16. The molecule has 0 radical (unpaired) electrons. The van der Waals surface area contributed by atoms with Crippen molar-refractivity contribution >= 4 is 17.7 Å². The van der Waals surface area contributed by atoms with Crippen molar-refractivity contribution in [3.63, 3.8) is 0 Å². The van der Waals surface area contributed by atoms with Gasteiger partial charge in [0.15, 0.2) is 11.0 Å². The molecule has 0 saturated carbocycles. The van der Waals surface area contributed by atoms with Crippen molar-refractivity contribution in [2.24, 2.45) is 0 Å². The van der Waals surface area contributed by atoms with E-state index in [-0.39, 0.29) is 5.91 Å².